The van der Waals surface area contributed by atoms with Gasteiger partial charge in [-0.25, -0.2) is 0 Å². The van der Waals surface area contributed by atoms with Crippen molar-refractivity contribution >= 4 is 23.3 Å². The Morgan fingerprint density at radius 3 is 3.05 bits per heavy atom. The first-order valence-corrected chi connectivity index (χ1v) is 6.25. The van der Waals surface area contributed by atoms with Crippen molar-refractivity contribution in [3.8, 4) is 6.07 Å². The van der Waals surface area contributed by atoms with Gasteiger partial charge in [0.1, 0.15) is 0 Å². The smallest absolute Gasteiger partial charge is 0.305 e. The number of carbonyl (C=O) groups is 1. The first-order chi connectivity index (χ1) is 9.11. The molecule has 0 saturated carbocycles. The number of carboxylic acid groups (broad SMARTS) is 1. The monoisotopic (exact) mass is 280 g/mol. The van der Waals surface area contributed by atoms with Crippen LogP contribution >= 0.6 is 11.6 Å². The minimum Gasteiger partial charge on any atom is -0.481 e. The summed E-state index contributed by atoms with van der Waals surface area (Å²) in [5.74, 6) is -0.870. The Morgan fingerprint density at radius 2 is 2.42 bits per heavy atom. The fraction of sp³-hybridized carbons (Fsp3) is 0.385. The molecule has 0 amide bonds. The summed E-state index contributed by atoms with van der Waals surface area (Å²) in [5, 5.41) is 18.2. The van der Waals surface area contributed by atoms with E-state index < -0.39 is 5.97 Å². The number of carboxylic acids is 1. The number of nitriles is 1. The molecule has 0 spiro atoms. The third-order valence-corrected chi connectivity index (χ3v) is 3.33. The molecule has 1 aromatic rings. The van der Waals surface area contributed by atoms with E-state index in [1.54, 1.807) is 18.2 Å². The van der Waals surface area contributed by atoms with E-state index in [9.17, 15) is 4.79 Å². The van der Waals surface area contributed by atoms with Gasteiger partial charge in [0.05, 0.1) is 48.0 Å². The van der Waals surface area contributed by atoms with Crippen molar-refractivity contribution in [3.63, 3.8) is 0 Å². The minimum absolute atomic E-state index is 0.00364. The van der Waals surface area contributed by atoms with Crippen LogP contribution in [0.25, 0.3) is 0 Å². The van der Waals surface area contributed by atoms with Gasteiger partial charge < -0.3 is 14.7 Å². The van der Waals surface area contributed by atoms with Gasteiger partial charge >= 0.3 is 5.97 Å². The lowest BCUT2D eigenvalue weighted by atomic mass is 10.1. The van der Waals surface area contributed by atoms with E-state index in [4.69, 9.17) is 26.7 Å². The highest BCUT2D eigenvalue weighted by molar-refractivity contribution is 6.33. The Morgan fingerprint density at radius 1 is 1.63 bits per heavy atom. The van der Waals surface area contributed by atoms with Gasteiger partial charge in [0.2, 0.25) is 0 Å². The molecule has 0 bridgehead atoms. The van der Waals surface area contributed by atoms with E-state index in [1.165, 1.54) is 0 Å². The summed E-state index contributed by atoms with van der Waals surface area (Å²) in [7, 11) is 0. The quantitative estimate of drug-likeness (QED) is 0.915. The van der Waals surface area contributed by atoms with Crippen LogP contribution in [0.1, 0.15) is 12.0 Å². The van der Waals surface area contributed by atoms with Gasteiger partial charge in [0.15, 0.2) is 0 Å². The van der Waals surface area contributed by atoms with Crippen molar-refractivity contribution in [3.05, 3.63) is 28.8 Å². The van der Waals surface area contributed by atoms with Crippen LogP contribution in [0.15, 0.2) is 18.2 Å². The molecular weight excluding hydrogens is 268 g/mol. The molecule has 100 valence electrons. The zero-order chi connectivity index (χ0) is 13.8. The van der Waals surface area contributed by atoms with Gasteiger partial charge in [0, 0.05) is 6.54 Å². The lowest BCUT2D eigenvalue weighted by Crippen LogP contribution is -2.46. The summed E-state index contributed by atoms with van der Waals surface area (Å²) < 4.78 is 5.32. The predicted molar refractivity (Wildman–Crippen MR) is 70.4 cm³/mol. The molecule has 1 aliphatic rings. The molecule has 1 unspecified atom stereocenters. The van der Waals surface area contributed by atoms with Crippen LogP contribution in [0.2, 0.25) is 5.02 Å². The van der Waals surface area contributed by atoms with Gasteiger partial charge in [-0.2, -0.15) is 5.26 Å². The molecule has 1 heterocycles. The molecular formula is C13H13ClN2O3. The van der Waals surface area contributed by atoms with Gasteiger partial charge in [-0.05, 0) is 18.2 Å². The number of hydrogen-bond donors (Lipinski definition) is 1. The molecule has 1 aliphatic heterocycles. The predicted octanol–water partition coefficient (Wildman–Crippen LogP) is 1.89. The van der Waals surface area contributed by atoms with E-state index in [1.807, 2.05) is 11.0 Å². The maximum Gasteiger partial charge on any atom is 0.305 e. The number of hydrogen-bond acceptors (Lipinski definition) is 4. The van der Waals surface area contributed by atoms with Crippen LogP contribution in [-0.4, -0.2) is 36.9 Å². The maximum absolute atomic E-state index is 10.9. The zero-order valence-electron chi connectivity index (χ0n) is 10.2. The van der Waals surface area contributed by atoms with E-state index in [2.05, 4.69) is 0 Å². The number of anilines is 1. The van der Waals surface area contributed by atoms with Crippen molar-refractivity contribution in [2.45, 2.75) is 12.5 Å². The third-order valence-electron chi connectivity index (χ3n) is 3.02. The van der Waals surface area contributed by atoms with E-state index in [0.717, 1.165) is 5.69 Å². The van der Waals surface area contributed by atoms with Crippen LogP contribution < -0.4 is 4.90 Å². The van der Waals surface area contributed by atoms with Gasteiger partial charge in [-0.1, -0.05) is 11.6 Å². The number of ether oxygens (including phenoxy) is 1. The highest BCUT2D eigenvalue weighted by Gasteiger charge is 2.26. The number of halogens is 1. The van der Waals surface area contributed by atoms with Crippen LogP contribution in [0.3, 0.4) is 0 Å². The lowest BCUT2D eigenvalue weighted by Gasteiger charge is -2.37. The maximum atomic E-state index is 10.9. The Balaban J connectivity index is 2.27. The second-order valence-corrected chi connectivity index (χ2v) is 4.71. The molecule has 1 N–H and O–H groups in total. The van der Waals surface area contributed by atoms with Crippen LogP contribution in [0.5, 0.6) is 0 Å². The van der Waals surface area contributed by atoms with Crippen molar-refractivity contribution in [2.75, 3.05) is 24.7 Å². The van der Waals surface area contributed by atoms with Crippen LogP contribution in [-0.2, 0) is 9.53 Å². The lowest BCUT2D eigenvalue weighted by molar-refractivity contribution is -0.138. The second kappa shape index (κ2) is 5.91. The third kappa shape index (κ3) is 3.16. The number of rotatable bonds is 3. The van der Waals surface area contributed by atoms with Crippen LogP contribution in [0.4, 0.5) is 5.69 Å². The molecule has 0 radical (unpaired) electrons. The Bertz CT molecular complexity index is 527. The molecule has 1 fully saturated rings. The number of benzene rings is 1. The normalized spacial score (nSPS) is 18.9. The molecule has 1 atom stereocenters. The fourth-order valence-corrected chi connectivity index (χ4v) is 2.44. The minimum atomic E-state index is -0.870. The Kier molecular flexibility index (Phi) is 4.25. The molecule has 2 rings (SSSR count). The van der Waals surface area contributed by atoms with E-state index in [-0.39, 0.29) is 12.5 Å². The molecule has 1 saturated heterocycles. The highest BCUT2D eigenvalue weighted by Crippen LogP contribution is 2.30. The first kappa shape index (κ1) is 13.7. The topological polar surface area (TPSA) is 73.6 Å². The number of morpholine rings is 1. The first-order valence-electron chi connectivity index (χ1n) is 5.87. The van der Waals surface area contributed by atoms with Gasteiger partial charge in [0.25, 0.3) is 0 Å². The van der Waals surface area contributed by atoms with Crippen molar-refractivity contribution in [2.24, 2.45) is 0 Å². The SMILES string of the molecule is N#Cc1ccc(N2CCOCC2CC(=O)O)c(Cl)c1. The summed E-state index contributed by atoms with van der Waals surface area (Å²) in [4.78, 5) is 12.8. The molecule has 6 heteroatoms. The molecule has 1 aromatic carbocycles. The average Bonchev–Trinajstić information content (AvgIpc) is 2.39. The molecule has 0 aliphatic carbocycles. The Labute approximate surface area is 116 Å². The molecule has 19 heavy (non-hydrogen) atoms. The highest BCUT2D eigenvalue weighted by atomic mass is 35.5. The summed E-state index contributed by atoms with van der Waals surface area (Å²) in [6, 6.07) is 6.79. The number of aliphatic carboxylic acids is 1. The molecule has 5 nitrogen and oxygen atoms in total. The summed E-state index contributed by atoms with van der Waals surface area (Å²) >= 11 is 6.16. The summed E-state index contributed by atoms with van der Waals surface area (Å²) in [5.41, 5.74) is 1.23. The van der Waals surface area contributed by atoms with Crippen molar-refractivity contribution in [1.29, 1.82) is 5.26 Å². The van der Waals surface area contributed by atoms with E-state index >= 15 is 0 Å². The summed E-state index contributed by atoms with van der Waals surface area (Å²) in [6.45, 7) is 1.48. The Hall–Kier alpha value is -1.77. The average molecular weight is 281 g/mol. The largest absolute Gasteiger partial charge is 0.481 e. The van der Waals surface area contributed by atoms with Crippen molar-refractivity contribution in [1.82, 2.24) is 0 Å². The van der Waals surface area contributed by atoms with E-state index in [0.29, 0.717) is 30.3 Å². The van der Waals surface area contributed by atoms with Crippen LogP contribution in [0, 0.1) is 11.3 Å². The second-order valence-electron chi connectivity index (χ2n) is 4.30. The standard InChI is InChI=1S/C13H13ClN2O3/c14-11-5-9(7-15)1-2-12(11)16-3-4-19-8-10(16)6-13(17)18/h1-2,5,10H,3-4,6,8H2,(H,17,18). The van der Waals surface area contributed by atoms with Gasteiger partial charge in [-0.3, -0.25) is 4.79 Å². The fourth-order valence-electron chi connectivity index (χ4n) is 2.15. The van der Waals surface area contributed by atoms with Crippen molar-refractivity contribution < 1.29 is 14.6 Å². The summed E-state index contributed by atoms with van der Waals surface area (Å²) in [6.07, 6.45) is -0.00364. The number of nitrogens with zero attached hydrogens (tertiary/aromatic N) is 2. The molecule has 0 aromatic heterocycles. The van der Waals surface area contributed by atoms with Gasteiger partial charge in [-0.15, -0.1) is 0 Å². The zero-order valence-corrected chi connectivity index (χ0v) is 10.9.